The lowest BCUT2D eigenvalue weighted by Gasteiger charge is -2.26. The molecule has 18 heteroatoms. The molecule has 10 nitrogen and oxygen atoms in total. The molecule has 0 spiro atoms. The van der Waals surface area contributed by atoms with Gasteiger partial charge in [0.25, 0.3) is 0 Å². The van der Waals surface area contributed by atoms with Crippen LogP contribution in [0.2, 0.25) is 0 Å². The van der Waals surface area contributed by atoms with E-state index in [1.165, 1.54) is 6.07 Å². The number of alkyl halides is 6. The number of hydrogen-bond donors (Lipinski definition) is 4. The Kier molecular flexibility index (Phi) is 10.9. The summed E-state index contributed by atoms with van der Waals surface area (Å²) in [4.78, 5) is 22.5. The lowest BCUT2D eigenvalue weighted by Crippen LogP contribution is -2.33. The van der Waals surface area contributed by atoms with E-state index in [2.05, 4.69) is 20.3 Å². The first-order valence-electron chi connectivity index (χ1n) is 13.2. The van der Waals surface area contributed by atoms with Crippen LogP contribution < -0.4 is 15.8 Å². The van der Waals surface area contributed by atoms with E-state index in [0.29, 0.717) is 34.7 Å². The van der Waals surface area contributed by atoms with E-state index >= 15 is 0 Å². The monoisotopic (exact) mass is 654 g/mol. The van der Waals surface area contributed by atoms with Crippen molar-refractivity contribution in [1.29, 1.82) is 0 Å². The SMILES string of the molecule is CCc1cc(-c2ccc(NS(=O)(=O)CCC(F)(F)F)c(F)c2)nc2cnc(NC3CCC(N)CC3)nc12.O=C(O)C(F)(F)F. The van der Waals surface area contributed by atoms with Gasteiger partial charge in [-0.15, -0.1) is 0 Å². The van der Waals surface area contributed by atoms with Gasteiger partial charge in [0, 0.05) is 17.6 Å². The third-order valence-electron chi connectivity index (χ3n) is 6.54. The molecule has 1 aliphatic carbocycles. The molecule has 0 bridgehead atoms. The van der Waals surface area contributed by atoms with Gasteiger partial charge in [0.1, 0.15) is 11.3 Å². The quantitative estimate of drug-likeness (QED) is 0.233. The Balaban J connectivity index is 0.000000676. The maximum Gasteiger partial charge on any atom is 0.490 e. The van der Waals surface area contributed by atoms with Gasteiger partial charge in [-0.1, -0.05) is 13.0 Å². The van der Waals surface area contributed by atoms with Crippen molar-refractivity contribution in [1.82, 2.24) is 15.0 Å². The number of aliphatic carboxylic acids is 1. The van der Waals surface area contributed by atoms with Crippen LogP contribution >= 0.6 is 0 Å². The van der Waals surface area contributed by atoms with Crippen molar-refractivity contribution in [2.24, 2.45) is 5.73 Å². The zero-order valence-electron chi connectivity index (χ0n) is 23.1. The molecule has 0 amide bonds. The van der Waals surface area contributed by atoms with Crippen LogP contribution in [0.15, 0.2) is 30.5 Å². The highest BCUT2D eigenvalue weighted by molar-refractivity contribution is 7.92. The first-order chi connectivity index (χ1) is 20.4. The summed E-state index contributed by atoms with van der Waals surface area (Å²) in [5.74, 6) is -4.39. The third-order valence-corrected chi connectivity index (χ3v) is 7.81. The fraction of sp³-hybridized carbons (Fsp3) is 0.462. The van der Waals surface area contributed by atoms with Crippen molar-refractivity contribution in [3.05, 3.63) is 41.8 Å². The number of pyridine rings is 1. The third kappa shape index (κ3) is 10.1. The Labute approximate surface area is 247 Å². The van der Waals surface area contributed by atoms with E-state index in [-0.39, 0.29) is 12.1 Å². The van der Waals surface area contributed by atoms with Crippen LogP contribution in [0, 0.1) is 5.82 Å². The van der Waals surface area contributed by atoms with Gasteiger partial charge in [0.05, 0.1) is 35.3 Å². The summed E-state index contributed by atoms with van der Waals surface area (Å²) < 4.78 is 109. The molecule has 0 unspecified atom stereocenters. The number of aromatic nitrogens is 3. The van der Waals surface area contributed by atoms with Crippen LogP contribution in [-0.2, 0) is 21.2 Å². The molecule has 3 aromatic rings. The number of hydrogen-bond acceptors (Lipinski definition) is 8. The van der Waals surface area contributed by atoms with Crippen molar-refractivity contribution in [3.63, 3.8) is 0 Å². The Bertz CT molecular complexity index is 1580. The molecule has 5 N–H and O–H groups in total. The number of anilines is 2. The highest BCUT2D eigenvalue weighted by Crippen LogP contribution is 2.29. The number of carbonyl (C=O) groups is 1. The maximum atomic E-state index is 14.7. The normalized spacial score (nSPS) is 17.5. The summed E-state index contributed by atoms with van der Waals surface area (Å²) in [6.45, 7) is 1.95. The Morgan fingerprint density at radius 2 is 1.70 bits per heavy atom. The number of benzene rings is 1. The van der Waals surface area contributed by atoms with Gasteiger partial charge >= 0.3 is 18.3 Å². The van der Waals surface area contributed by atoms with Gasteiger partial charge in [-0.25, -0.2) is 32.6 Å². The van der Waals surface area contributed by atoms with Gasteiger partial charge < -0.3 is 16.2 Å². The second-order valence-electron chi connectivity index (χ2n) is 9.99. The van der Waals surface area contributed by atoms with Crippen molar-refractivity contribution in [2.45, 2.75) is 69.9 Å². The predicted molar refractivity (Wildman–Crippen MR) is 148 cm³/mol. The number of aryl methyl sites for hydroxylation is 1. The van der Waals surface area contributed by atoms with Crippen molar-refractivity contribution < 1.29 is 49.1 Å². The molecule has 0 atom stereocenters. The molecular weight excluding hydrogens is 625 g/mol. The minimum atomic E-state index is -5.08. The molecule has 0 saturated heterocycles. The number of carboxylic acids is 1. The Morgan fingerprint density at radius 3 is 2.25 bits per heavy atom. The number of fused-ring (bicyclic) bond motifs is 1. The molecule has 4 rings (SSSR count). The summed E-state index contributed by atoms with van der Waals surface area (Å²) >= 11 is 0. The second-order valence-corrected chi connectivity index (χ2v) is 11.8. The van der Waals surface area contributed by atoms with Crippen LogP contribution in [0.4, 0.5) is 42.4 Å². The maximum absolute atomic E-state index is 14.7. The van der Waals surface area contributed by atoms with Gasteiger partial charge in [-0.2, -0.15) is 26.3 Å². The number of sulfonamides is 1. The van der Waals surface area contributed by atoms with Gasteiger partial charge in [-0.3, -0.25) is 4.72 Å². The molecular formula is C26H29F7N6O4S. The molecule has 1 aliphatic rings. The largest absolute Gasteiger partial charge is 0.490 e. The Hall–Kier alpha value is -3.80. The average molecular weight is 655 g/mol. The number of halogens is 7. The molecule has 1 saturated carbocycles. The minimum Gasteiger partial charge on any atom is -0.475 e. The number of nitrogens with one attached hydrogen (secondary N) is 2. The van der Waals surface area contributed by atoms with Crippen LogP contribution in [0.3, 0.4) is 0 Å². The molecule has 0 aliphatic heterocycles. The first kappa shape index (κ1) is 34.7. The molecule has 2 aromatic heterocycles. The van der Waals surface area contributed by atoms with E-state index in [9.17, 15) is 39.2 Å². The van der Waals surface area contributed by atoms with E-state index in [4.69, 9.17) is 15.6 Å². The standard InChI is InChI=1S/C24H28F4N6O2S.C2HF3O2/c1-2-14-12-20(15-3-8-19(18(25)11-15)34-37(35,36)10-9-24(26,27)28)32-21-13-30-23(33-22(14)21)31-17-6-4-16(29)5-7-17;3-2(4,5)1(6)7/h3,8,11-13,16-17,34H,2,4-7,9-10,29H2,1H3,(H,30,31,33);(H,6,7). The van der Waals surface area contributed by atoms with Crippen molar-refractivity contribution >= 4 is 38.7 Å². The topological polar surface area (TPSA) is 160 Å². The molecule has 44 heavy (non-hydrogen) atoms. The summed E-state index contributed by atoms with van der Waals surface area (Å²) in [5.41, 5.74) is 8.39. The highest BCUT2D eigenvalue weighted by atomic mass is 32.2. The summed E-state index contributed by atoms with van der Waals surface area (Å²) in [6.07, 6.45) is -5.25. The average Bonchev–Trinajstić information content (AvgIpc) is 2.93. The highest BCUT2D eigenvalue weighted by Gasteiger charge is 2.38. The summed E-state index contributed by atoms with van der Waals surface area (Å²) in [7, 11) is -4.38. The van der Waals surface area contributed by atoms with E-state index in [1.807, 2.05) is 11.6 Å². The Morgan fingerprint density at radius 1 is 1.07 bits per heavy atom. The first-order valence-corrected chi connectivity index (χ1v) is 14.9. The number of carboxylic acid groups (broad SMARTS) is 1. The lowest BCUT2D eigenvalue weighted by atomic mass is 9.92. The zero-order valence-corrected chi connectivity index (χ0v) is 24.0. The molecule has 2 heterocycles. The zero-order chi connectivity index (χ0) is 32.9. The smallest absolute Gasteiger partial charge is 0.475 e. The number of nitrogens with zero attached hydrogens (tertiary/aromatic N) is 3. The minimum absolute atomic E-state index is 0.235. The summed E-state index contributed by atoms with van der Waals surface area (Å²) in [5, 5.41) is 10.5. The number of nitrogens with two attached hydrogens (primary N) is 1. The van der Waals surface area contributed by atoms with E-state index < -0.39 is 52.0 Å². The van der Waals surface area contributed by atoms with Crippen LogP contribution in [0.5, 0.6) is 0 Å². The van der Waals surface area contributed by atoms with Gasteiger partial charge in [-0.05, 0) is 55.9 Å². The fourth-order valence-corrected chi connectivity index (χ4v) is 5.35. The van der Waals surface area contributed by atoms with E-state index in [0.717, 1.165) is 43.4 Å². The molecule has 0 radical (unpaired) electrons. The summed E-state index contributed by atoms with van der Waals surface area (Å²) in [6, 6.07) is 5.95. The van der Waals surface area contributed by atoms with Crippen LogP contribution in [-0.4, -0.2) is 64.6 Å². The van der Waals surface area contributed by atoms with E-state index in [1.54, 1.807) is 12.3 Å². The van der Waals surface area contributed by atoms with Crippen LogP contribution in [0.1, 0.15) is 44.6 Å². The van der Waals surface area contributed by atoms with Crippen molar-refractivity contribution in [3.8, 4) is 11.3 Å². The fourth-order valence-electron chi connectivity index (χ4n) is 4.25. The second kappa shape index (κ2) is 13.9. The lowest BCUT2D eigenvalue weighted by molar-refractivity contribution is -0.192. The van der Waals surface area contributed by atoms with Gasteiger partial charge in [0.15, 0.2) is 0 Å². The molecule has 242 valence electrons. The van der Waals surface area contributed by atoms with Gasteiger partial charge in [0.2, 0.25) is 16.0 Å². The van der Waals surface area contributed by atoms with Crippen LogP contribution in [0.25, 0.3) is 22.3 Å². The number of rotatable bonds is 8. The predicted octanol–water partition coefficient (Wildman–Crippen LogP) is 5.40. The molecule has 1 aromatic carbocycles. The molecule has 1 fully saturated rings. The van der Waals surface area contributed by atoms with Crippen molar-refractivity contribution in [2.75, 3.05) is 15.8 Å².